The van der Waals surface area contributed by atoms with Crippen molar-refractivity contribution in [3.05, 3.63) is 93.7 Å². The van der Waals surface area contributed by atoms with E-state index in [1.165, 1.54) is 6.07 Å². The molecule has 4 rings (SSSR count). The van der Waals surface area contributed by atoms with Gasteiger partial charge in [0.1, 0.15) is 0 Å². The zero-order valence-electron chi connectivity index (χ0n) is 13.5. The molecule has 0 aromatic heterocycles. The molecule has 3 aromatic carbocycles. The summed E-state index contributed by atoms with van der Waals surface area (Å²) in [5, 5.41) is 12.4. The lowest BCUT2D eigenvalue weighted by molar-refractivity contribution is -0.383. The zero-order valence-corrected chi connectivity index (χ0v) is 13.5. The smallest absolute Gasteiger partial charge is 0.363 e. The molecular formula is C20H12N2O4. The number of aliphatic imine (C=N–C) groups is 1. The molecule has 0 atom stereocenters. The Balaban J connectivity index is 1.82. The average Bonchev–Trinajstić information content (AvgIpc) is 3.03. The van der Waals surface area contributed by atoms with Crippen molar-refractivity contribution < 1.29 is 14.5 Å². The number of esters is 1. The maximum absolute atomic E-state index is 12.2. The summed E-state index contributed by atoms with van der Waals surface area (Å²) in [6.45, 7) is 0. The molecule has 0 N–H and O–H groups in total. The van der Waals surface area contributed by atoms with Crippen LogP contribution >= 0.6 is 0 Å². The molecule has 0 amide bonds. The molecule has 0 saturated heterocycles. The summed E-state index contributed by atoms with van der Waals surface area (Å²) in [7, 11) is 0. The fourth-order valence-electron chi connectivity index (χ4n) is 2.85. The zero-order chi connectivity index (χ0) is 18.1. The van der Waals surface area contributed by atoms with Gasteiger partial charge in [0.05, 0.1) is 10.3 Å². The van der Waals surface area contributed by atoms with E-state index in [1.807, 2.05) is 18.2 Å². The van der Waals surface area contributed by atoms with Crippen molar-refractivity contribution in [2.45, 2.75) is 0 Å². The summed E-state index contributed by atoms with van der Waals surface area (Å²) < 4.78 is 5.24. The van der Waals surface area contributed by atoms with Crippen molar-refractivity contribution in [3.8, 4) is 0 Å². The maximum atomic E-state index is 12.2. The second-order valence-corrected chi connectivity index (χ2v) is 5.68. The lowest BCUT2D eigenvalue weighted by atomic mass is 10.0. The van der Waals surface area contributed by atoms with Gasteiger partial charge >= 0.3 is 5.97 Å². The number of nitro benzene ring substituents is 1. The summed E-state index contributed by atoms with van der Waals surface area (Å²) in [5.74, 6) is -0.306. The van der Waals surface area contributed by atoms with Crippen molar-refractivity contribution >= 4 is 34.4 Å². The normalized spacial score (nSPS) is 15.2. The Kier molecular flexibility index (Phi) is 3.78. The first-order valence-electron chi connectivity index (χ1n) is 7.87. The molecule has 0 saturated carbocycles. The van der Waals surface area contributed by atoms with Crippen LogP contribution in [0.1, 0.15) is 11.1 Å². The van der Waals surface area contributed by atoms with E-state index in [2.05, 4.69) is 4.99 Å². The molecular weight excluding hydrogens is 332 g/mol. The number of hydrogen-bond donors (Lipinski definition) is 0. The Morgan fingerprint density at radius 1 is 0.923 bits per heavy atom. The van der Waals surface area contributed by atoms with E-state index in [-0.39, 0.29) is 17.3 Å². The molecule has 1 aliphatic heterocycles. The highest BCUT2D eigenvalue weighted by atomic mass is 16.6. The van der Waals surface area contributed by atoms with E-state index in [4.69, 9.17) is 4.74 Å². The summed E-state index contributed by atoms with van der Waals surface area (Å²) >= 11 is 0. The van der Waals surface area contributed by atoms with Gasteiger partial charge in [-0.15, -0.1) is 0 Å². The quantitative estimate of drug-likeness (QED) is 0.310. The van der Waals surface area contributed by atoms with E-state index < -0.39 is 10.9 Å². The number of benzene rings is 3. The van der Waals surface area contributed by atoms with Gasteiger partial charge in [-0.3, -0.25) is 10.1 Å². The third kappa shape index (κ3) is 2.73. The second kappa shape index (κ2) is 6.25. The number of nitro groups is 1. The van der Waals surface area contributed by atoms with Crippen LogP contribution in [-0.2, 0) is 9.53 Å². The van der Waals surface area contributed by atoms with Gasteiger partial charge in [0.2, 0.25) is 5.90 Å². The van der Waals surface area contributed by atoms with Crippen LogP contribution < -0.4 is 0 Å². The molecule has 126 valence electrons. The second-order valence-electron chi connectivity index (χ2n) is 5.68. The molecule has 0 aliphatic carbocycles. The lowest BCUT2D eigenvalue weighted by Crippen LogP contribution is -2.04. The van der Waals surface area contributed by atoms with Crippen LogP contribution in [0.2, 0.25) is 0 Å². The number of cyclic esters (lactones) is 1. The van der Waals surface area contributed by atoms with Crippen molar-refractivity contribution in [1.82, 2.24) is 0 Å². The van der Waals surface area contributed by atoms with Gasteiger partial charge in [0, 0.05) is 11.6 Å². The van der Waals surface area contributed by atoms with Crippen LogP contribution in [0.5, 0.6) is 0 Å². The first-order valence-corrected chi connectivity index (χ1v) is 7.87. The molecule has 0 bridgehead atoms. The summed E-state index contributed by atoms with van der Waals surface area (Å²) in [4.78, 5) is 27.2. The van der Waals surface area contributed by atoms with Crippen LogP contribution in [0.3, 0.4) is 0 Å². The minimum absolute atomic E-state index is 0.0187. The molecule has 1 aliphatic rings. The molecule has 0 fully saturated rings. The number of non-ortho nitro benzene ring substituents is 1. The first kappa shape index (κ1) is 15.7. The summed E-state index contributed by atoms with van der Waals surface area (Å²) in [6, 6.07) is 19.1. The van der Waals surface area contributed by atoms with Crippen molar-refractivity contribution in [3.63, 3.8) is 0 Å². The predicted molar refractivity (Wildman–Crippen MR) is 97.7 cm³/mol. The monoisotopic (exact) mass is 344 g/mol. The van der Waals surface area contributed by atoms with Crippen molar-refractivity contribution in [2.24, 2.45) is 4.99 Å². The van der Waals surface area contributed by atoms with Crippen LogP contribution in [0, 0.1) is 10.1 Å². The third-order valence-electron chi connectivity index (χ3n) is 4.06. The Morgan fingerprint density at radius 2 is 1.62 bits per heavy atom. The first-order chi connectivity index (χ1) is 12.6. The van der Waals surface area contributed by atoms with Gasteiger partial charge in [-0.1, -0.05) is 36.4 Å². The van der Waals surface area contributed by atoms with E-state index in [9.17, 15) is 14.9 Å². The number of ether oxygens (including phenoxy) is 1. The average molecular weight is 344 g/mol. The number of carbonyl (C=O) groups is 1. The number of hydrogen-bond acceptors (Lipinski definition) is 5. The van der Waals surface area contributed by atoms with Crippen LogP contribution in [0.4, 0.5) is 5.69 Å². The van der Waals surface area contributed by atoms with Gasteiger partial charge in [-0.25, -0.2) is 9.79 Å². The molecule has 3 aromatic rings. The van der Waals surface area contributed by atoms with E-state index in [1.54, 1.807) is 48.5 Å². The van der Waals surface area contributed by atoms with Gasteiger partial charge in [-0.05, 0) is 41.3 Å². The van der Waals surface area contributed by atoms with Crippen LogP contribution in [0.15, 0.2) is 77.4 Å². The van der Waals surface area contributed by atoms with Gasteiger partial charge in [0.25, 0.3) is 5.69 Å². The Labute approximate surface area is 148 Å². The van der Waals surface area contributed by atoms with Crippen LogP contribution in [-0.4, -0.2) is 16.8 Å². The van der Waals surface area contributed by atoms with E-state index in [0.717, 1.165) is 0 Å². The number of rotatable bonds is 3. The van der Waals surface area contributed by atoms with E-state index in [0.29, 0.717) is 21.9 Å². The Hall–Kier alpha value is -3.80. The van der Waals surface area contributed by atoms with Crippen LogP contribution in [0.25, 0.3) is 16.8 Å². The minimum Gasteiger partial charge on any atom is -0.402 e. The minimum atomic E-state index is -0.550. The lowest BCUT2D eigenvalue weighted by Gasteiger charge is -2.03. The third-order valence-corrected chi connectivity index (χ3v) is 4.06. The van der Waals surface area contributed by atoms with Crippen molar-refractivity contribution in [2.75, 3.05) is 0 Å². The molecule has 1 heterocycles. The highest BCUT2D eigenvalue weighted by Gasteiger charge is 2.24. The molecule has 0 spiro atoms. The Morgan fingerprint density at radius 3 is 2.35 bits per heavy atom. The highest BCUT2D eigenvalue weighted by Crippen LogP contribution is 2.30. The standard InChI is InChI=1S/C20H12N2O4/c23-20-17(21-19(26-20)13-6-2-1-3-7-13)12-14-10-11-18(22(24)25)16-9-5-4-8-15(14)16/h1-12H/b17-12-. The van der Waals surface area contributed by atoms with Gasteiger partial charge in [-0.2, -0.15) is 0 Å². The molecule has 26 heavy (non-hydrogen) atoms. The van der Waals surface area contributed by atoms with Crippen molar-refractivity contribution in [1.29, 1.82) is 0 Å². The Bertz CT molecular complexity index is 1100. The number of nitrogens with zero attached hydrogens (tertiary/aromatic N) is 2. The SMILES string of the molecule is O=C1OC(c2ccccc2)=N/C1=C\c1ccc([N+](=O)[O-])c2ccccc12. The van der Waals surface area contributed by atoms with E-state index >= 15 is 0 Å². The maximum Gasteiger partial charge on any atom is 0.363 e. The topological polar surface area (TPSA) is 81.8 Å². The number of fused-ring (bicyclic) bond motifs is 1. The fraction of sp³-hybridized carbons (Fsp3) is 0. The predicted octanol–water partition coefficient (Wildman–Crippen LogP) is 4.09. The molecule has 0 unspecified atom stereocenters. The number of carbonyl (C=O) groups excluding carboxylic acids is 1. The summed E-state index contributed by atoms with van der Waals surface area (Å²) in [5.41, 5.74) is 1.54. The summed E-state index contributed by atoms with van der Waals surface area (Å²) in [6.07, 6.45) is 1.59. The molecule has 0 radical (unpaired) electrons. The molecule has 6 nitrogen and oxygen atoms in total. The highest BCUT2D eigenvalue weighted by molar-refractivity contribution is 6.13. The fourth-order valence-corrected chi connectivity index (χ4v) is 2.85. The van der Waals surface area contributed by atoms with Gasteiger partial charge in [0.15, 0.2) is 5.70 Å². The largest absolute Gasteiger partial charge is 0.402 e. The van der Waals surface area contributed by atoms with Gasteiger partial charge < -0.3 is 4.74 Å². The molecule has 6 heteroatoms.